The van der Waals surface area contributed by atoms with Crippen molar-refractivity contribution in [1.29, 1.82) is 0 Å². The molecule has 0 aliphatic heterocycles. The molecule has 4 aromatic rings. The van der Waals surface area contributed by atoms with Gasteiger partial charge in [-0.05, 0) is 41.8 Å². The molecule has 0 fully saturated rings. The van der Waals surface area contributed by atoms with E-state index in [2.05, 4.69) is 5.10 Å². The van der Waals surface area contributed by atoms with Gasteiger partial charge in [0.2, 0.25) is 5.78 Å². The zero-order valence-corrected chi connectivity index (χ0v) is 18.7. The van der Waals surface area contributed by atoms with Crippen LogP contribution in [0.5, 0.6) is 5.75 Å². The molecule has 2 heterocycles. The number of Topliss-reactive ketones (excluding diaryl/α,β-unsaturated/α-hetero) is 1. The highest BCUT2D eigenvalue weighted by Gasteiger charge is 2.29. The number of carboxylic acid groups (broad SMARTS) is 1. The Morgan fingerprint density at radius 2 is 1.83 bits per heavy atom. The van der Waals surface area contributed by atoms with Crippen molar-refractivity contribution in [3.63, 3.8) is 0 Å². The summed E-state index contributed by atoms with van der Waals surface area (Å²) in [6.07, 6.45) is 2.26. The standard InChI is InChI=1S/C26H21FN3O5/c1-2-18-19(12-15-6-4-3-5-7-15)30-25(23(18)28)26(35-14-21(33)34)22(20(32)13-31)24(29-30)16-8-10-17(27)11-9-16/h3-11H,2,12,14,28H2,1H3,(H,33,34). The maximum absolute atomic E-state index is 13.6. The molecular weight excluding hydrogens is 453 g/mol. The first kappa shape index (κ1) is 23.6. The topological polar surface area (TPSA) is 124 Å². The van der Waals surface area contributed by atoms with E-state index >= 15 is 0 Å². The second-order valence-electron chi connectivity index (χ2n) is 7.79. The van der Waals surface area contributed by atoms with Gasteiger partial charge in [0.05, 0.1) is 16.9 Å². The van der Waals surface area contributed by atoms with Crippen LogP contribution in [0.3, 0.4) is 0 Å². The number of carbonyl (C=O) groups is 2. The van der Waals surface area contributed by atoms with Gasteiger partial charge in [0.1, 0.15) is 17.0 Å². The maximum atomic E-state index is 13.6. The molecule has 3 N–H and O–H groups in total. The van der Waals surface area contributed by atoms with E-state index in [1.54, 1.807) is 0 Å². The molecule has 0 bridgehead atoms. The van der Waals surface area contributed by atoms with Crippen molar-refractivity contribution in [2.24, 2.45) is 0 Å². The van der Waals surface area contributed by atoms with E-state index in [4.69, 9.17) is 10.5 Å². The Kier molecular flexibility index (Phi) is 6.59. The van der Waals surface area contributed by atoms with Crippen LogP contribution in [0.2, 0.25) is 0 Å². The summed E-state index contributed by atoms with van der Waals surface area (Å²) in [5.41, 5.74) is 9.39. The molecule has 9 heteroatoms. The number of aromatic nitrogens is 2. The number of anilines is 1. The van der Waals surface area contributed by atoms with Crippen molar-refractivity contribution in [2.75, 3.05) is 12.3 Å². The molecule has 0 amide bonds. The molecule has 1 radical (unpaired) electrons. The molecule has 2 aromatic heterocycles. The first-order valence-corrected chi connectivity index (χ1v) is 10.8. The predicted molar refractivity (Wildman–Crippen MR) is 127 cm³/mol. The van der Waals surface area contributed by atoms with Gasteiger partial charge < -0.3 is 15.6 Å². The number of halogens is 1. The number of hydrogen-bond acceptors (Lipinski definition) is 6. The lowest BCUT2D eigenvalue weighted by Gasteiger charge is -2.15. The fraction of sp³-hybridized carbons (Fsp3) is 0.154. The van der Waals surface area contributed by atoms with Crippen molar-refractivity contribution in [1.82, 2.24) is 9.61 Å². The van der Waals surface area contributed by atoms with E-state index in [-0.39, 0.29) is 28.2 Å². The molecule has 2 aromatic carbocycles. The number of nitrogens with two attached hydrogens (primary N) is 1. The monoisotopic (exact) mass is 474 g/mol. The number of rotatable bonds is 9. The van der Waals surface area contributed by atoms with Crippen LogP contribution in [-0.2, 0) is 22.4 Å². The van der Waals surface area contributed by atoms with Crippen molar-refractivity contribution < 1.29 is 28.6 Å². The average molecular weight is 474 g/mol. The molecule has 0 aliphatic carbocycles. The van der Waals surface area contributed by atoms with Crippen LogP contribution in [-0.4, -0.2) is 39.4 Å². The molecule has 0 spiro atoms. The minimum Gasteiger partial charge on any atom is -0.479 e. The number of benzene rings is 2. The smallest absolute Gasteiger partial charge is 0.341 e. The molecule has 4 rings (SSSR count). The average Bonchev–Trinajstić information content (AvgIpc) is 3.12. The van der Waals surface area contributed by atoms with Crippen molar-refractivity contribution in [2.45, 2.75) is 19.8 Å². The summed E-state index contributed by atoms with van der Waals surface area (Å²) in [6.45, 7) is 1.12. The minimum atomic E-state index is -1.29. The molecule has 8 nitrogen and oxygen atoms in total. The highest BCUT2D eigenvalue weighted by atomic mass is 19.1. The van der Waals surface area contributed by atoms with Gasteiger partial charge in [-0.15, -0.1) is 0 Å². The Hall–Kier alpha value is -4.53. The Labute approximate surface area is 199 Å². The van der Waals surface area contributed by atoms with E-state index in [0.29, 0.717) is 24.1 Å². The first-order chi connectivity index (χ1) is 16.8. The zero-order valence-electron chi connectivity index (χ0n) is 18.7. The van der Waals surface area contributed by atoms with Gasteiger partial charge in [0.15, 0.2) is 12.4 Å². The summed E-state index contributed by atoms with van der Waals surface area (Å²) in [5, 5.41) is 13.9. The van der Waals surface area contributed by atoms with Crippen LogP contribution in [0, 0.1) is 5.82 Å². The molecular formula is C26H21FN3O5. The van der Waals surface area contributed by atoms with Gasteiger partial charge in [-0.25, -0.2) is 13.7 Å². The molecule has 0 saturated carbocycles. The lowest BCUT2D eigenvalue weighted by atomic mass is 10.0. The van der Waals surface area contributed by atoms with Crippen LogP contribution in [0.25, 0.3) is 16.8 Å². The van der Waals surface area contributed by atoms with E-state index in [1.165, 1.54) is 35.1 Å². The number of hydrogen-bond donors (Lipinski definition) is 2. The number of carboxylic acids is 1. The first-order valence-electron chi connectivity index (χ1n) is 10.8. The second kappa shape index (κ2) is 9.76. The Morgan fingerprint density at radius 3 is 2.43 bits per heavy atom. The number of fused-ring (bicyclic) bond motifs is 1. The third-order valence-electron chi connectivity index (χ3n) is 5.62. The van der Waals surface area contributed by atoms with Crippen molar-refractivity contribution in [3.05, 3.63) is 82.8 Å². The molecule has 0 saturated heterocycles. The highest BCUT2D eigenvalue weighted by Crippen LogP contribution is 2.40. The van der Waals surface area contributed by atoms with E-state index in [0.717, 1.165) is 11.1 Å². The highest BCUT2D eigenvalue weighted by molar-refractivity contribution is 6.36. The lowest BCUT2D eigenvalue weighted by molar-refractivity contribution is -0.139. The molecule has 0 atom stereocenters. The van der Waals surface area contributed by atoms with E-state index < -0.39 is 24.2 Å². The van der Waals surface area contributed by atoms with Crippen LogP contribution in [0.1, 0.15) is 34.1 Å². The van der Waals surface area contributed by atoms with Gasteiger partial charge in [-0.1, -0.05) is 37.3 Å². The van der Waals surface area contributed by atoms with Gasteiger partial charge in [0, 0.05) is 12.0 Å². The predicted octanol–water partition coefficient (Wildman–Crippen LogP) is 3.63. The minimum absolute atomic E-state index is 0.0122. The third-order valence-corrected chi connectivity index (χ3v) is 5.62. The lowest BCUT2D eigenvalue weighted by Crippen LogP contribution is -2.16. The Bertz CT molecular complexity index is 1430. The quantitative estimate of drug-likeness (QED) is 0.280. The summed E-state index contributed by atoms with van der Waals surface area (Å²) >= 11 is 0. The zero-order chi connectivity index (χ0) is 25.1. The Balaban J connectivity index is 2.11. The summed E-state index contributed by atoms with van der Waals surface area (Å²) in [6, 6.07) is 14.7. The maximum Gasteiger partial charge on any atom is 0.341 e. The second-order valence-corrected chi connectivity index (χ2v) is 7.79. The number of nitrogens with zero attached hydrogens (tertiary/aromatic N) is 2. The van der Waals surface area contributed by atoms with Gasteiger partial charge in [-0.3, -0.25) is 9.59 Å². The van der Waals surface area contributed by atoms with E-state index in [9.17, 15) is 23.9 Å². The van der Waals surface area contributed by atoms with Crippen LogP contribution in [0.4, 0.5) is 10.1 Å². The number of nitrogen functional groups attached to an aromatic ring is 1. The largest absolute Gasteiger partial charge is 0.479 e. The summed E-state index contributed by atoms with van der Waals surface area (Å²) in [7, 11) is 0. The van der Waals surface area contributed by atoms with Gasteiger partial charge >= 0.3 is 5.97 Å². The molecule has 35 heavy (non-hydrogen) atoms. The normalized spacial score (nSPS) is 10.9. The molecule has 0 aliphatic rings. The molecule has 177 valence electrons. The van der Waals surface area contributed by atoms with Gasteiger partial charge in [0.25, 0.3) is 6.29 Å². The number of aliphatic carboxylic acids is 1. The van der Waals surface area contributed by atoms with Crippen molar-refractivity contribution >= 4 is 29.2 Å². The Morgan fingerprint density at radius 1 is 1.14 bits per heavy atom. The molecule has 0 unspecified atom stereocenters. The summed E-state index contributed by atoms with van der Waals surface area (Å²) in [5.74, 6) is -3.08. The van der Waals surface area contributed by atoms with Crippen molar-refractivity contribution in [3.8, 4) is 17.0 Å². The number of ketones is 1. The van der Waals surface area contributed by atoms with Gasteiger partial charge in [-0.2, -0.15) is 5.10 Å². The fourth-order valence-corrected chi connectivity index (χ4v) is 4.09. The van der Waals surface area contributed by atoms with Crippen LogP contribution >= 0.6 is 0 Å². The van der Waals surface area contributed by atoms with Crippen LogP contribution in [0.15, 0.2) is 54.6 Å². The summed E-state index contributed by atoms with van der Waals surface area (Å²) in [4.78, 5) is 35.5. The fourth-order valence-electron chi connectivity index (χ4n) is 4.09. The summed E-state index contributed by atoms with van der Waals surface area (Å²) < 4.78 is 20.7. The number of carbonyl (C=O) groups excluding carboxylic acids is 2. The number of ether oxygens (including phenoxy) is 1. The third kappa shape index (κ3) is 4.48. The SMILES string of the molecule is CCc1c(N)c2c(OCC(=O)O)c(C(=O)[C]=O)c(-c3ccc(F)cc3)nn2c1Cc1ccccc1. The van der Waals surface area contributed by atoms with E-state index in [1.807, 2.05) is 37.3 Å². The van der Waals surface area contributed by atoms with Crippen LogP contribution < -0.4 is 10.5 Å².